The number of carbonyl (C=O) groups is 1. The van der Waals surface area contributed by atoms with Crippen LogP contribution in [0.4, 0.5) is 5.13 Å². The summed E-state index contributed by atoms with van der Waals surface area (Å²) in [7, 11) is -9.36. The average molecular weight is 540 g/mol. The molecule has 9 N–H and O–H groups in total. The highest BCUT2D eigenvalue weighted by Gasteiger charge is 2.33. The van der Waals surface area contributed by atoms with E-state index in [1.165, 1.54) is 17.4 Å². The third-order valence-electron chi connectivity index (χ3n) is 4.80. The number of hydrogen-bond acceptors (Lipinski definition) is 12. The SMILES string of the molecule is Nc1nc2c(-c3ccc(S(=O)(=O)NC[C@@H](N)C(=O)O)c(S(N)(=O)=O)c3-c3nn[nH]n3)cccc2s1. The van der Waals surface area contributed by atoms with Crippen LogP contribution in [-0.4, -0.2) is 66.1 Å². The summed E-state index contributed by atoms with van der Waals surface area (Å²) in [6.07, 6.45) is 0. The summed E-state index contributed by atoms with van der Waals surface area (Å²) in [4.78, 5) is 13.7. The van der Waals surface area contributed by atoms with Gasteiger partial charge in [-0.25, -0.2) is 31.7 Å². The Labute approximate surface area is 201 Å². The number of tetrazole rings is 1. The molecule has 0 aliphatic rings. The molecule has 0 saturated carbocycles. The van der Waals surface area contributed by atoms with Gasteiger partial charge in [-0.15, -0.1) is 10.2 Å². The van der Waals surface area contributed by atoms with E-state index in [-0.39, 0.29) is 22.1 Å². The summed E-state index contributed by atoms with van der Waals surface area (Å²) in [6.45, 7) is -0.710. The number of nitrogens with one attached hydrogen (secondary N) is 2. The number of aliphatic carboxylic acids is 1. The van der Waals surface area contributed by atoms with Crippen molar-refractivity contribution in [3.63, 3.8) is 0 Å². The van der Waals surface area contributed by atoms with Gasteiger partial charge in [0.05, 0.1) is 15.8 Å². The largest absolute Gasteiger partial charge is 0.480 e. The number of nitrogens with two attached hydrogens (primary N) is 3. The minimum Gasteiger partial charge on any atom is -0.480 e. The summed E-state index contributed by atoms with van der Waals surface area (Å²) in [5, 5.41) is 28.0. The van der Waals surface area contributed by atoms with E-state index in [0.717, 1.165) is 6.07 Å². The number of benzene rings is 2. The minimum atomic E-state index is -4.74. The molecule has 18 heteroatoms. The first-order valence-corrected chi connectivity index (χ1v) is 13.3. The van der Waals surface area contributed by atoms with Gasteiger partial charge in [-0.2, -0.15) is 5.21 Å². The second kappa shape index (κ2) is 8.91. The molecule has 4 rings (SSSR count). The van der Waals surface area contributed by atoms with E-state index in [4.69, 9.17) is 21.7 Å². The lowest BCUT2D eigenvalue weighted by molar-refractivity contribution is -0.138. The van der Waals surface area contributed by atoms with Crippen LogP contribution in [0.15, 0.2) is 40.1 Å². The zero-order chi connectivity index (χ0) is 25.5. The van der Waals surface area contributed by atoms with E-state index >= 15 is 0 Å². The maximum absolute atomic E-state index is 13.0. The first-order valence-electron chi connectivity index (χ1n) is 9.47. The highest BCUT2D eigenvalue weighted by molar-refractivity contribution is 7.92. The molecule has 184 valence electrons. The average Bonchev–Trinajstić information content (AvgIpc) is 3.44. The van der Waals surface area contributed by atoms with Crippen molar-refractivity contribution in [3.8, 4) is 22.5 Å². The first-order chi connectivity index (χ1) is 16.4. The van der Waals surface area contributed by atoms with Gasteiger partial charge in [0.1, 0.15) is 15.8 Å². The standard InChI is InChI=1S/C17H17N9O6S3/c18-9(16(27)28)6-21-35(31,32)11-5-4-7(8-2-1-3-10-13(8)22-17(19)33-10)12(14(11)34(20,29)30)15-23-25-26-24-15/h1-5,9,21H,6,18H2,(H2,19,22)(H,27,28)(H2,20,29,30)(H,23,24,25,26)/t9-/m1/s1. The number of fused-ring (bicyclic) bond motifs is 1. The molecular formula is C17H17N9O6S3. The second-order valence-corrected chi connectivity index (χ2v) is 11.4. The van der Waals surface area contributed by atoms with Gasteiger partial charge in [0, 0.05) is 12.1 Å². The minimum absolute atomic E-state index is 0.188. The van der Waals surface area contributed by atoms with Crippen molar-refractivity contribution in [2.24, 2.45) is 10.9 Å². The molecule has 0 aliphatic carbocycles. The summed E-state index contributed by atoms with van der Waals surface area (Å²) in [5.41, 5.74) is 12.0. The number of carboxylic acid groups (broad SMARTS) is 1. The third-order valence-corrected chi connectivity index (χ3v) is 8.24. The Balaban J connectivity index is 2.04. The number of sulfonamides is 2. The predicted molar refractivity (Wildman–Crippen MR) is 125 cm³/mol. The number of para-hydroxylation sites is 1. The Morgan fingerprint density at radius 2 is 1.91 bits per heavy atom. The molecule has 4 aromatic rings. The van der Waals surface area contributed by atoms with Crippen molar-refractivity contribution in [2.75, 3.05) is 12.3 Å². The number of aromatic nitrogens is 5. The van der Waals surface area contributed by atoms with Crippen LogP contribution in [0.2, 0.25) is 0 Å². The molecule has 1 atom stereocenters. The Morgan fingerprint density at radius 1 is 1.17 bits per heavy atom. The van der Waals surface area contributed by atoms with Crippen LogP contribution >= 0.6 is 11.3 Å². The van der Waals surface area contributed by atoms with Crippen molar-refractivity contribution in [1.29, 1.82) is 0 Å². The fourth-order valence-electron chi connectivity index (χ4n) is 3.32. The zero-order valence-corrected chi connectivity index (χ0v) is 19.9. The van der Waals surface area contributed by atoms with Crippen LogP contribution < -0.4 is 21.3 Å². The van der Waals surface area contributed by atoms with E-state index in [1.807, 2.05) is 4.72 Å². The quantitative estimate of drug-likeness (QED) is 0.158. The normalized spacial score (nSPS) is 13.2. The lowest BCUT2D eigenvalue weighted by Gasteiger charge is -2.17. The molecule has 35 heavy (non-hydrogen) atoms. The first kappa shape index (κ1) is 24.6. The number of H-pyrrole nitrogens is 1. The topological polar surface area (TPSA) is 263 Å². The van der Waals surface area contributed by atoms with E-state index in [1.54, 1.807) is 18.2 Å². The van der Waals surface area contributed by atoms with E-state index in [9.17, 15) is 21.6 Å². The highest BCUT2D eigenvalue weighted by atomic mass is 32.2. The number of primary sulfonamides is 1. The molecule has 0 fully saturated rings. The number of nitrogen functional groups attached to an aromatic ring is 1. The summed E-state index contributed by atoms with van der Waals surface area (Å²) in [6, 6.07) is 5.84. The summed E-state index contributed by atoms with van der Waals surface area (Å²) >= 11 is 1.20. The van der Waals surface area contributed by atoms with E-state index in [0.29, 0.717) is 15.8 Å². The van der Waals surface area contributed by atoms with Crippen molar-refractivity contribution in [2.45, 2.75) is 15.8 Å². The van der Waals surface area contributed by atoms with Crippen LogP contribution in [0.25, 0.3) is 32.7 Å². The van der Waals surface area contributed by atoms with E-state index in [2.05, 4.69) is 25.6 Å². The highest BCUT2D eigenvalue weighted by Crippen LogP contribution is 2.41. The monoisotopic (exact) mass is 539 g/mol. The third kappa shape index (κ3) is 4.70. The van der Waals surface area contributed by atoms with Crippen LogP contribution in [0.3, 0.4) is 0 Å². The second-order valence-electron chi connectivity index (χ2n) is 7.10. The van der Waals surface area contributed by atoms with Crippen molar-refractivity contribution >= 4 is 52.7 Å². The lowest BCUT2D eigenvalue weighted by Crippen LogP contribution is -2.42. The Kier molecular flexibility index (Phi) is 6.25. The predicted octanol–water partition coefficient (Wildman–Crippen LogP) is -0.937. The Morgan fingerprint density at radius 3 is 2.54 bits per heavy atom. The molecule has 2 aromatic heterocycles. The van der Waals surface area contributed by atoms with Crippen molar-refractivity contribution < 1.29 is 26.7 Å². The van der Waals surface area contributed by atoms with Crippen LogP contribution in [0.1, 0.15) is 0 Å². The van der Waals surface area contributed by atoms with Gasteiger partial charge in [-0.05, 0) is 22.9 Å². The van der Waals surface area contributed by atoms with Gasteiger partial charge < -0.3 is 16.6 Å². The number of carboxylic acids is 1. The molecule has 15 nitrogen and oxygen atoms in total. The van der Waals surface area contributed by atoms with Crippen molar-refractivity contribution in [3.05, 3.63) is 30.3 Å². The Hall–Kier alpha value is -3.55. The van der Waals surface area contributed by atoms with Crippen LogP contribution in [0, 0.1) is 0 Å². The Bertz CT molecular complexity index is 1650. The molecule has 0 unspecified atom stereocenters. The number of rotatable bonds is 8. The lowest BCUT2D eigenvalue weighted by atomic mass is 9.98. The maximum atomic E-state index is 13.0. The van der Waals surface area contributed by atoms with Gasteiger partial charge in [-0.1, -0.05) is 29.5 Å². The molecule has 0 bridgehead atoms. The zero-order valence-electron chi connectivity index (χ0n) is 17.4. The molecule has 0 amide bonds. The van der Waals surface area contributed by atoms with Gasteiger partial charge in [0.15, 0.2) is 5.13 Å². The van der Waals surface area contributed by atoms with Crippen LogP contribution in [0.5, 0.6) is 0 Å². The number of anilines is 1. The summed E-state index contributed by atoms with van der Waals surface area (Å²) < 4.78 is 54.3. The fraction of sp³-hybridized carbons (Fsp3) is 0.118. The number of thiazole rings is 1. The molecule has 0 saturated heterocycles. The molecule has 0 spiro atoms. The number of nitrogens with zero attached hydrogens (tertiary/aromatic N) is 4. The molecular weight excluding hydrogens is 522 g/mol. The van der Waals surface area contributed by atoms with E-state index < -0.39 is 48.4 Å². The fourth-order valence-corrected chi connectivity index (χ4v) is 6.74. The van der Waals surface area contributed by atoms with Crippen molar-refractivity contribution in [1.82, 2.24) is 30.3 Å². The van der Waals surface area contributed by atoms with Gasteiger partial charge in [0.25, 0.3) is 0 Å². The molecule has 0 aliphatic heterocycles. The maximum Gasteiger partial charge on any atom is 0.321 e. The van der Waals surface area contributed by atoms with Gasteiger partial charge >= 0.3 is 5.97 Å². The summed E-state index contributed by atoms with van der Waals surface area (Å²) in [5.74, 6) is -1.72. The van der Waals surface area contributed by atoms with Crippen LogP contribution in [-0.2, 0) is 24.8 Å². The molecule has 2 heterocycles. The molecule has 0 radical (unpaired) electrons. The van der Waals surface area contributed by atoms with Gasteiger partial charge in [0.2, 0.25) is 25.9 Å². The van der Waals surface area contributed by atoms with Gasteiger partial charge in [-0.3, -0.25) is 4.79 Å². The smallest absolute Gasteiger partial charge is 0.321 e. The number of aromatic amines is 1. The number of hydrogen-bond donors (Lipinski definition) is 6. The molecule has 2 aromatic carbocycles.